The maximum atomic E-state index is 15.1. The van der Waals surface area contributed by atoms with Crippen molar-refractivity contribution in [1.82, 2.24) is 59.5 Å². The molecule has 620 valence electrons. The number of amides is 3. The molecule has 0 radical (unpaired) electrons. The Morgan fingerprint density at radius 2 is 0.805 bits per heavy atom. The summed E-state index contributed by atoms with van der Waals surface area (Å²) in [6.07, 6.45) is 14.8. The molecule has 3 aliphatic rings. The lowest BCUT2D eigenvalue weighted by Crippen LogP contribution is -2.49. The van der Waals surface area contributed by atoms with Crippen LogP contribution in [0.15, 0.2) is 140 Å². The van der Waals surface area contributed by atoms with Crippen LogP contribution >= 0.6 is 0 Å². The van der Waals surface area contributed by atoms with E-state index in [-0.39, 0.29) is 34.3 Å². The van der Waals surface area contributed by atoms with Crippen LogP contribution in [0.3, 0.4) is 0 Å². The number of rotatable bonds is 26. The molecule has 0 unspecified atom stereocenters. The summed E-state index contributed by atoms with van der Waals surface area (Å²) in [7, 11) is -9.73. The number of halogens is 6. The molecule has 3 aromatic carbocycles. The van der Waals surface area contributed by atoms with Crippen molar-refractivity contribution in [3.63, 3.8) is 0 Å². The Morgan fingerprint density at radius 1 is 0.449 bits per heavy atom. The number of benzene rings is 3. The Bertz CT molecular complexity index is 6070. The van der Waals surface area contributed by atoms with Crippen LogP contribution in [0.1, 0.15) is 97.8 Å². The lowest BCUT2D eigenvalue weighted by molar-refractivity contribution is 0.101. The number of pyridine rings is 5. The number of hydrogen-bond acceptors (Lipinski definition) is 19. The molecule has 3 fully saturated rings. The van der Waals surface area contributed by atoms with Gasteiger partial charge in [-0.2, -0.15) is 5.10 Å². The molecule has 2 aliphatic heterocycles. The van der Waals surface area contributed by atoms with E-state index in [0.29, 0.717) is 58.4 Å². The number of nitrogens with zero attached hydrogens (tertiary/aromatic N) is 11. The van der Waals surface area contributed by atoms with Gasteiger partial charge in [-0.05, 0) is 149 Å². The number of sulfonamides is 3. The van der Waals surface area contributed by atoms with E-state index in [2.05, 4.69) is 104 Å². The lowest BCUT2D eigenvalue weighted by Gasteiger charge is -2.37. The van der Waals surface area contributed by atoms with E-state index in [1.165, 1.54) is 38.0 Å². The Kier molecular flexibility index (Phi) is 25.5. The summed E-state index contributed by atoms with van der Waals surface area (Å²) in [5.41, 5.74) is 2.97. The molecule has 15 rings (SSSR count). The number of nitrogens with one attached hydrogen (secondary N) is 9. The molecule has 12 aromatic rings. The van der Waals surface area contributed by atoms with E-state index in [0.717, 1.165) is 140 Å². The molecular formula is C80H86F6N20O9S3. The molecule has 9 aromatic heterocycles. The fourth-order valence-electron chi connectivity index (χ4n) is 13.6. The number of anilines is 8. The second-order valence-corrected chi connectivity index (χ2v) is 34.6. The lowest BCUT2D eigenvalue weighted by atomic mass is 10.1. The SMILES string of the molecule is CCCS(=O)(=O)Nc1ccc(F)c(C(=O)Nc2cnc3[nH]c(-c4ccc(N5CCN(C(C)C)CC5)nc4)cc3c2)c1F.CCCS(=O)(=O)Nc1ccc(F)c(C(=O)Nc2cnc3[nH]c(-c4ccc(N5CCN(CC6CC6)CC5)nc4)cc3c2)c1F.CCCS(=O)(=O)Nc1ccc(F)c(C(=O)Nc2cnc3[nH]c(-c4cnn(C)c4)cc3c2)c1F. The fourth-order valence-corrected chi connectivity index (χ4v) is 17.0. The monoisotopic (exact) mass is 1680 g/mol. The molecule has 0 spiro atoms. The van der Waals surface area contributed by atoms with Gasteiger partial charge in [-0.1, -0.05) is 20.8 Å². The Labute approximate surface area is 676 Å². The molecule has 0 atom stereocenters. The van der Waals surface area contributed by atoms with E-state index >= 15 is 8.78 Å². The minimum absolute atomic E-state index is 0.208. The van der Waals surface area contributed by atoms with E-state index in [9.17, 15) is 57.2 Å². The molecular weight excluding hydrogens is 1600 g/mol. The summed E-state index contributed by atoms with van der Waals surface area (Å²) in [4.78, 5) is 79.8. The predicted molar refractivity (Wildman–Crippen MR) is 443 cm³/mol. The third kappa shape index (κ3) is 20.3. The standard InChI is InChI=1S/C30H33F2N7O3S.C29H33F2N7O3S.C21H20F2N6O3S/c1-2-13-43(41,42)37-24-7-6-23(31)27(28(24)32)30(40)35-22-14-21-15-25(36-29(21)34-17-22)20-5-8-26(33-16-20)39-11-9-38(10-12-39)18-19-3-4-19;1-4-13-42(40,41)36-23-7-6-22(30)26(27(23)31)29(39)34-21-14-20-15-24(35-28(20)33-17-21)19-5-8-25(32-16-19)38-11-9-37(10-12-38)18(2)3;1-3-6-33(31,32)28-16-5-4-15(22)18(19(16)23)21(30)26-14-7-12-8-17(27-20(12)24-10-14)13-9-25-29(2)11-13/h5-8,14-17,19,37H,2-4,9-13,18H2,1H3,(H,34,36)(H,35,40);5-8,14-18,36H,4,9-13H2,1-3H3,(H,33,35)(H,34,39);4-5,7-11,28H,3,6H2,1-2H3,(H,24,27)(H,26,30). The molecule has 2 saturated heterocycles. The highest BCUT2D eigenvalue weighted by Gasteiger charge is 2.30. The number of aromatic amines is 3. The van der Waals surface area contributed by atoms with Gasteiger partial charge in [0, 0.05) is 135 Å². The van der Waals surface area contributed by atoms with Crippen LogP contribution in [0, 0.1) is 40.8 Å². The number of H-pyrrole nitrogens is 3. The highest BCUT2D eigenvalue weighted by Crippen LogP contribution is 2.34. The molecule has 29 nitrogen and oxygen atoms in total. The average molecular weight is 1680 g/mol. The Morgan fingerprint density at radius 3 is 1.12 bits per heavy atom. The van der Waals surface area contributed by atoms with E-state index in [1.807, 2.05) is 53.5 Å². The minimum atomic E-state index is -3.85. The van der Waals surface area contributed by atoms with Gasteiger partial charge in [0.05, 0.1) is 81.9 Å². The molecule has 9 N–H and O–H groups in total. The number of carbonyl (C=O) groups is 3. The van der Waals surface area contributed by atoms with Crippen LogP contribution in [0.2, 0.25) is 0 Å². The van der Waals surface area contributed by atoms with Crippen LogP contribution < -0.4 is 39.9 Å². The zero-order chi connectivity index (χ0) is 83.9. The first-order chi connectivity index (χ1) is 56.4. The first-order valence-corrected chi connectivity index (χ1v) is 43.1. The van der Waals surface area contributed by atoms with Gasteiger partial charge >= 0.3 is 0 Å². The largest absolute Gasteiger partial charge is 0.354 e. The van der Waals surface area contributed by atoms with Crippen molar-refractivity contribution in [1.29, 1.82) is 0 Å². The Hall–Kier alpha value is -12.0. The normalized spacial score (nSPS) is 14.2. The molecule has 11 heterocycles. The molecule has 0 bridgehead atoms. The van der Waals surface area contributed by atoms with E-state index in [4.69, 9.17) is 0 Å². The summed E-state index contributed by atoms with van der Waals surface area (Å²) in [6, 6.07) is 24.2. The van der Waals surface area contributed by atoms with Gasteiger partial charge < -0.3 is 40.7 Å². The molecule has 3 amide bonds. The second-order valence-electron chi connectivity index (χ2n) is 29.1. The molecule has 1 saturated carbocycles. The summed E-state index contributed by atoms with van der Waals surface area (Å²) in [5, 5.41) is 13.4. The third-order valence-electron chi connectivity index (χ3n) is 19.8. The number of fused-ring (bicyclic) bond motifs is 3. The number of piperazine rings is 2. The molecule has 38 heteroatoms. The number of aromatic nitrogens is 10. The smallest absolute Gasteiger partial charge is 0.261 e. The minimum Gasteiger partial charge on any atom is -0.354 e. The van der Waals surface area contributed by atoms with Gasteiger partial charge in [0.15, 0.2) is 17.5 Å². The van der Waals surface area contributed by atoms with Crippen molar-refractivity contribution in [3.8, 4) is 33.8 Å². The van der Waals surface area contributed by atoms with Crippen molar-refractivity contribution >= 4 is 127 Å². The van der Waals surface area contributed by atoms with E-state index < -0.39 is 116 Å². The van der Waals surface area contributed by atoms with Gasteiger partial charge in [-0.25, -0.2) is 76.5 Å². The molecule has 1 aliphatic carbocycles. The summed E-state index contributed by atoms with van der Waals surface area (Å²) >= 11 is 0. The van der Waals surface area contributed by atoms with Gasteiger partial charge in [-0.15, -0.1) is 0 Å². The third-order valence-corrected chi connectivity index (χ3v) is 24.2. The van der Waals surface area contributed by atoms with Crippen molar-refractivity contribution in [3.05, 3.63) is 192 Å². The second kappa shape index (κ2) is 35.8. The quantitative estimate of drug-likeness (QED) is 0.0227. The first-order valence-electron chi connectivity index (χ1n) is 38.1. The number of aryl methyl sites for hydroxylation is 1. The van der Waals surface area contributed by atoms with Crippen LogP contribution in [-0.2, 0) is 37.1 Å². The number of hydrogen-bond donors (Lipinski definition) is 9. The zero-order valence-electron chi connectivity index (χ0n) is 65.0. The van der Waals surface area contributed by atoms with Gasteiger partial charge in [0.1, 0.15) is 62.7 Å². The van der Waals surface area contributed by atoms with Crippen molar-refractivity contribution in [2.75, 3.05) is 116 Å². The number of carbonyl (C=O) groups excluding carboxylic acids is 3. The van der Waals surface area contributed by atoms with Crippen molar-refractivity contribution in [2.45, 2.75) is 72.8 Å². The highest BCUT2D eigenvalue weighted by atomic mass is 32.2. The highest BCUT2D eigenvalue weighted by molar-refractivity contribution is 7.93. The molecule has 118 heavy (non-hydrogen) atoms. The summed E-state index contributed by atoms with van der Waals surface area (Å²) < 4.78 is 168. The maximum Gasteiger partial charge on any atom is 0.261 e. The predicted octanol–water partition coefficient (Wildman–Crippen LogP) is 13.3. The van der Waals surface area contributed by atoms with Crippen LogP contribution in [0.25, 0.3) is 66.9 Å². The average Bonchev–Trinajstić information content (AvgIpc) is 1.01. The summed E-state index contributed by atoms with van der Waals surface area (Å²) in [6.45, 7) is 18.4. The zero-order valence-corrected chi connectivity index (χ0v) is 67.5. The van der Waals surface area contributed by atoms with Crippen LogP contribution in [0.4, 0.5) is 72.1 Å². The first kappa shape index (κ1) is 83.9. The van der Waals surface area contributed by atoms with Crippen LogP contribution in [-0.4, -0.2) is 185 Å². The topological polar surface area (TPSA) is 368 Å². The fraction of sp³-hybridized carbons (Fsp3) is 0.312. The Balaban J connectivity index is 0.000000155. The van der Waals surface area contributed by atoms with E-state index in [1.54, 1.807) is 69.2 Å². The van der Waals surface area contributed by atoms with Crippen molar-refractivity contribution in [2.24, 2.45) is 13.0 Å². The van der Waals surface area contributed by atoms with Gasteiger partial charge in [0.25, 0.3) is 17.7 Å². The van der Waals surface area contributed by atoms with Gasteiger partial charge in [-0.3, -0.25) is 43.0 Å². The van der Waals surface area contributed by atoms with Crippen LogP contribution in [0.5, 0.6) is 0 Å². The summed E-state index contributed by atoms with van der Waals surface area (Å²) in [5.74, 6) is -8.48. The van der Waals surface area contributed by atoms with Gasteiger partial charge in [0.2, 0.25) is 30.1 Å². The van der Waals surface area contributed by atoms with Crippen molar-refractivity contribution < 1.29 is 66.0 Å². The maximum absolute atomic E-state index is 15.1.